The summed E-state index contributed by atoms with van der Waals surface area (Å²) in [5.74, 6) is -14.5. The van der Waals surface area contributed by atoms with Crippen molar-refractivity contribution in [3.63, 3.8) is 0 Å². The fraction of sp³-hybridized carbons (Fsp3) is 0.585. The highest BCUT2D eigenvalue weighted by molar-refractivity contribution is 5.98. The van der Waals surface area contributed by atoms with Crippen LogP contribution in [-0.2, 0) is 36.8 Å². The summed E-state index contributed by atoms with van der Waals surface area (Å²) < 4.78 is 70.2. The number of aliphatic hydroxyl groups is 1. The van der Waals surface area contributed by atoms with Gasteiger partial charge >= 0.3 is 5.97 Å². The van der Waals surface area contributed by atoms with E-state index in [1.165, 1.54) is 9.80 Å². The van der Waals surface area contributed by atoms with E-state index in [9.17, 15) is 56.1 Å². The van der Waals surface area contributed by atoms with Gasteiger partial charge in [-0.05, 0) is 51.0 Å². The third-order valence-corrected chi connectivity index (χ3v) is 11.7. The number of benzene rings is 2. The minimum Gasteiger partial charge on any atom is -0.480 e. The number of carbonyl (C=O) groups excluding carboxylic acids is 4. The second-order valence-corrected chi connectivity index (χ2v) is 15.5. The zero-order valence-electron chi connectivity index (χ0n) is 33.3. The van der Waals surface area contributed by atoms with Crippen molar-refractivity contribution in [2.45, 2.75) is 133 Å². The number of nitrogens with zero attached hydrogens (tertiary/aromatic N) is 2. The number of carboxylic acids is 1. The van der Waals surface area contributed by atoms with Gasteiger partial charge in [-0.3, -0.25) is 34.6 Å². The Bertz CT molecular complexity index is 1800. The second kappa shape index (κ2) is 19.6. The van der Waals surface area contributed by atoms with Gasteiger partial charge in [0.2, 0.25) is 17.6 Å². The first-order valence-corrected chi connectivity index (χ1v) is 19.8. The Hall–Kier alpha value is -4.32. The molecule has 6 atom stereocenters. The number of hydrogen-bond donors (Lipinski definition) is 5. The second-order valence-electron chi connectivity index (χ2n) is 15.5. The molecule has 4 rings (SSSR count). The molecule has 0 radical (unpaired) electrons. The zero-order valence-corrected chi connectivity index (χ0v) is 33.3. The van der Waals surface area contributed by atoms with Crippen LogP contribution in [0.5, 0.6) is 0 Å². The maximum absolute atomic E-state index is 14.5. The Balaban J connectivity index is 1.50. The summed E-state index contributed by atoms with van der Waals surface area (Å²) in [6.07, 6.45) is 0.164. The third kappa shape index (κ3) is 9.92. The lowest BCUT2D eigenvalue weighted by molar-refractivity contribution is -0.148. The number of aliphatic hydroxyl groups excluding tert-OH is 1. The molecule has 2 aromatic rings. The normalized spacial score (nSPS) is 20.5. The molecule has 0 bridgehead atoms. The van der Waals surface area contributed by atoms with E-state index in [-0.39, 0.29) is 51.6 Å². The van der Waals surface area contributed by atoms with Crippen LogP contribution in [0.1, 0.15) is 90.2 Å². The lowest BCUT2D eigenvalue weighted by Gasteiger charge is -2.38. The van der Waals surface area contributed by atoms with E-state index in [2.05, 4.69) is 10.6 Å². The number of amides is 2. The van der Waals surface area contributed by atoms with Gasteiger partial charge in [0.05, 0.1) is 35.8 Å². The summed E-state index contributed by atoms with van der Waals surface area (Å²) in [5.41, 5.74) is 2.56. The number of ketones is 2. The van der Waals surface area contributed by atoms with E-state index in [1.54, 1.807) is 51.1 Å². The Kier molecular flexibility index (Phi) is 15.7. The minimum absolute atomic E-state index is 0.0250. The highest BCUT2D eigenvalue weighted by atomic mass is 19.2. The van der Waals surface area contributed by atoms with E-state index < -0.39 is 118 Å². The van der Waals surface area contributed by atoms with Gasteiger partial charge in [-0.2, -0.15) is 0 Å². The van der Waals surface area contributed by atoms with E-state index in [1.807, 2.05) is 6.92 Å². The van der Waals surface area contributed by atoms with Gasteiger partial charge in [-0.25, -0.2) is 22.0 Å². The first-order valence-electron chi connectivity index (χ1n) is 19.8. The molecule has 0 aromatic heterocycles. The molecular weight excluding hydrogens is 769 g/mol. The molecule has 2 unspecified atom stereocenters. The van der Waals surface area contributed by atoms with Gasteiger partial charge in [-0.1, -0.05) is 63.9 Å². The lowest BCUT2D eigenvalue weighted by Crippen LogP contribution is -2.62. The molecule has 12 nitrogen and oxygen atoms in total. The predicted molar refractivity (Wildman–Crippen MR) is 203 cm³/mol. The molecule has 2 aliphatic rings. The number of rotatable bonds is 20. The van der Waals surface area contributed by atoms with Crippen molar-refractivity contribution in [1.29, 1.82) is 0 Å². The summed E-state index contributed by atoms with van der Waals surface area (Å²) in [5, 5.41) is 26.9. The van der Waals surface area contributed by atoms with E-state index in [0.29, 0.717) is 19.3 Å². The molecule has 0 saturated carbocycles. The highest BCUT2D eigenvalue weighted by Gasteiger charge is 2.50. The number of nitrogens with two attached hydrogens (primary N) is 1. The monoisotopic (exact) mass is 823 g/mol. The van der Waals surface area contributed by atoms with Crippen LogP contribution in [0.25, 0.3) is 0 Å². The maximum Gasteiger partial charge on any atom is 0.321 e. The molecule has 6 N–H and O–H groups in total. The average molecular weight is 824 g/mol. The molecular formula is C41H54F5N5O7. The molecule has 2 saturated heterocycles. The Morgan fingerprint density at radius 2 is 1.50 bits per heavy atom. The number of halogens is 5. The highest BCUT2D eigenvalue weighted by Crippen LogP contribution is 2.31. The summed E-state index contributed by atoms with van der Waals surface area (Å²) in [6, 6.07) is 3.91. The molecule has 2 heterocycles. The number of unbranched alkanes of at least 4 members (excludes halogenated alkanes) is 1. The number of carbonyl (C=O) groups is 5. The van der Waals surface area contributed by atoms with Crippen LogP contribution in [0.4, 0.5) is 22.0 Å². The fourth-order valence-electron chi connectivity index (χ4n) is 8.20. The number of likely N-dealkylation sites (tertiary alicyclic amines) is 2. The van der Waals surface area contributed by atoms with E-state index in [4.69, 9.17) is 5.73 Å². The van der Waals surface area contributed by atoms with Crippen LogP contribution >= 0.6 is 0 Å². The topological polar surface area (TPSA) is 182 Å². The molecule has 2 amide bonds. The standard InChI is InChI=1S/C41H54F5N5O7/c1-5-8-16-40(4,49-27(39(57)58)18-23-13-10-9-11-14-23)37(55)29-19-24(52)22-51(29)38(56)28-15-12-17-50(28)30(53)21-48-41(6-2,7-3)36(54)26(47)20-25-31(42)33(44)35(46)34(45)32(25)43/h9-11,13-14,24,26-29,48-49,52H,5-8,12,15-22,47H2,1-4H3,(H,57,58)/t24-,26+,27+,28?,29+,40?/m1/s1. The van der Waals surface area contributed by atoms with Gasteiger partial charge < -0.3 is 25.7 Å². The van der Waals surface area contributed by atoms with Crippen LogP contribution in [0.3, 0.4) is 0 Å². The Morgan fingerprint density at radius 1 is 0.897 bits per heavy atom. The summed E-state index contributed by atoms with van der Waals surface area (Å²) in [7, 11) is 0. The van der Waals surface area contributed by atoms with Gasteiger partial charge in [0.15, 0.2) is 34.8 Å². The van der Waals surface area contributed by atoms with Crippen LogP contribution in [0, 0.1) is 29.1 Å². The van der Waals surface area contributed by atoms with Crippen LogP contribution in [0.2, 0.25) is 0 Å². The summed E-state index contributed by atoms with van der Waals surface area (Å²) >= 11 is 0. The van der Waals surface area contributed by atoms with Gasteiger partial charge in [0.1, 0.15) is 12.1 Å². The van der Waals surface area contributed by atoms with Crippen LogP contribution < -0.4 is 16.4 Å². The third-order valence-electron chi connectivity index (χ3n) is 11.7. The largest absolute Gasteiger partial charge is 0.480 e. The van der Waals surface area contributed by atoms with Gasteiger partial charge in [0.25, 0.3) is 0 Å². The number of aliphatic carboxylic acids is 1. The number of carboxylic acid groups (broad SMARTS) is 1. The lowest BCUT2D eigenvalue weighted by atomic mass is 9.82. The fourth-order valence-corrected chi connectivity index (χ4v) is 8.20. The molecule has 2 fully saturated rings. The summed E-state index contributed by atoms with van der Waals surface area (Å²) in [4.78, 5) is 71.2. The van der Waals surface area contributed by atoms with Crippen molar-refractivity contribution < 1.29 is 56.1 Å². The van der Waals surface area contributed by atoms with Crippen molar-refractivity contribution in [2.75, 3.05) is 19.6 Å². The van der Waals surface area contributed by atoms with Crippen molar-refractivity contribution in [2.24, 2.45) is 5.73 Å². The first kappa shape index (κ1) is 46.4. The van der Waals surface area contributed by atoms with Crippen molar-refractivity contribution in [1.82, 2.24) is 20.4 Å². The van der Waals surface area contributed by atoms with Gasteiger partial charge in [-0.15, -0.1) is 0 Å². The van der Waals surface area contributed by atoms with Crippen LogP contribution in [-0.4, -0.2) is 110 Å². The zero-order chi connectivity index (χ0) is 43.1. The van der Waals surface area contributed by atoms with E-state index >= 15 is 0 Å². The predicted octanol–water partition coefficient (Wildman–Crippen LogP) is 3.73. The molecule has 2 aliphatic heterocycles. The minimum atomic E-state index is -2.34. The van der Waals surface area contributed by atoms with E-state index in [0.717, 1.165) is 5.56 Å². The number of hydrogen-bond acceptors (Lipinski definition) is 9. The average Bonchev–Trinajstić information content (AvgIpc) is 3.87. The molecule has 2 aromatic carbocycles. The quantitative estimate of drug-likeness (QED) is 0.0750. The molecule has 0 spiro atoms. The SMILES string of the molecule is CCCCC(C)(N[C@@H](Cc1ccccc1)C(=O)O)C(=O)[C@@H]1C[C@@H](O)CN1C(=O)C1CCCN1C(=O)CNC(CC)(CC)C(=O)[C@@H](N)Cc1c(F)c(F)c(F)c(F)c1F. The molecule has 320 valence electrons. The summed E-state index contributed by atoms with van der Waals surface area (Å²) in [6.45, 7) is 6.19. The van der Waals surface area contributed by atoms with Crippen molar-refractivity contribution >= 4 is 29.4 Å². The van der Waals surface area contributed by atoms with Crippen molar-refractivity contribution in [3.05, 3.63) is 70.5 Å². The molecule has 0 aliphatic carbocycles. The number of β-amino-alcohol motifs (C(OH)–C–C–N with tert-alkyl or cyclic N) is 1. The number of nitrogens with one attached hydrogen (secondary N) is 2. The first-order chi connectivity index (χ1) is 27.4. The van der Waals surface area contributed by atoms with Crippen molar-refractivity contribution in [3.8, 4) is 0 Å². The molecule has 17 heteroatoms. The smallest absolute Gasteiger partial charge is 0.321 e. The van der Waals surface area contributed by atoms with Gasteiger partial charge in [0, 0.05) is 31.5 Å². The Morgan fingerprint density at radius 3 is 2.07 bits per heavy atom. The Labute approximate surface area is 334 Å². The maximum atomic E-state index is 14.5. The number of Topliss-reactive ketones (excluding diaryl/α,β-unsaturated/α-hetero) is 2. The molecule has 58 heavy (non-hydrogen) atoms. The van der Waals surface area contributed by atoms with Crippen LogP contribution in [0.15, 0.2) is 30.3 Å².